The molecule has 1 aromatic carbocycles. The molecular weight excluding hydrogens is 266 g/mol. The van der Waals surface area contributed by atoms with E-state index in [1.54, 1.807) is 0 Å². The molecule has 2 N–H and O–H groups in total. The first kappa shape index (κ1) is 14.4. The highest BCUT2D eigenvalue weighted by Gasteiger charge is 2.28. The van der Waals surface area contributed by atoms with E-state index in [2.05, 4.69) is 4.74 Å². The average molecular weight is 276 g/mol. The quantitative estimate of drug-likeness (QED) is 0.478. The molecule has 8 heteroatoms. The van der Waals surface area contributed by atoms with E-state index in [9.17, 15) is 25.1 Å². The molecule has 1 rings (SSSR count). The molecule has 1 aromatic rings. The van der Waals surface area contributed by atoms with Crippen molar-refractivity contribution in [1.82, 2.24) is 0 Å². The van der Waals surface area contributed by atoms with Crippen LogP contribution in [0, 0.1) is 10.1 Å². The summed E-state index contributed by atoms with van der Waals surface area (Å²) in [5, 5.41) is 29.5. The summed E-state index contributed by atoms with van der Waals surface area (Å²) in [5.74, 6) is -1.03. The molecule has 0 aromatic heterocycles. The van der Waals surface area contributed by atoms with Crippen molar-refractivity contribution in [2.24, 2.45) is 0 Å². The van der Waals surface area contributed by atoms with E-state index in [0.29, 0.717) is 0 Å². The van der Waals surface area contributed by atoms with Gasteiger partial charge < -0.3 is 14.9 Å². The van der Waals surface area contributed by atoms with Gasteiger partial charge in [-0.15, -0.1) is 0 Å². The Morgan fingerprint density at radius 2 is 2.11 bits per heavy atom. The molecule has 18 heavy (non-hydrogen) atoms. The van der Waals surface area contributed by atoms with Gasteiger partial charge in [0.05, 0.1) is 17.1 Å². The van der Waals surface area contributed by atoms with Crippen molar-refractivity contribution in [2.45, 2.75) is 12.2 Å². The summed E-state index contributed by atoms with van der Waals surface area (Å²) in [6.07, 6.45) is -3.43. The highest BCUT2D eigenvalue weighted by Crippen LogP contribution is 2.29. The normalized spacial score (nSPS) is 13.8. The maximum Gasteiger partial charge on any atom is 0.337 e. The summed E-state index contributed by atoms with van der Waals surface area (Å²) in [6.45, 7) is 0. The van der Waals surface area contributed by atoms with Gasteiger partial charge in [-0.1, -0.05) is 11.6 Å². The number of non-ortho nitro benzene ring substituents is 1. The molecule has 98 valence electrons. The van der Waals surface area contributed by atoms with E-state index in [1.807, 2.05) is 0 Å². The molecule has 0 aliphatic heterocycles. The fourth-order valence-electron chi connectivity index (χ4n) is 1.29. The lowest BCUT2D eigenvalue weighted by atomic mass is 10.0. The summed E-state index contributed by atoms with van der Waals surface area (Å²) < 4.78 is 4.26. The zero-order valence-corrected chi connectivity index (χ0v) is 10.00. The molecule has 0 radical (unpaired) electrons. The Bertz CT molecular complexity index is 477. The highest BCUT2D eigenvalue weighted by atomic mass is 35.5. The summed E-state index contributed by atoms with van der Waals surface area (Å²) >= 11 is 5.73. The number of nitro benzene ring substituents is 1. The average Bonchev–Trinajstić information content (AvgIpc) is 2.35. The minimum absolute atomic E-state index is 0.000154. The van der Waals surface area contributed by atoms with Crippen LogP contribution in [0.25, 0.3) is 0 Å². The van der Waals surface area contributed by atoms with E-state index in [4.69, 9.17) is 11.6 Å². The van der Waals surface area contributed by atoms with Crippen LogP contribution in [-0.2, 0) is 9.53 Å². The van der Waals surface area contributed by atoms with Gasteiger partial charge in [-0.2, -0.15) is 0 Å². The van der Waals surface area contributed by atoms with Gasteiger partial charge in [0, 0.05) is 17.7 Å². The molecule has 0 aliphatic rings. The molecule has 0 aliphatic carbocycles. The standard InChI is InChI=1S/C10H10ClNO6/c1-18-10(15)9(14)8(13)6-3-2-5(12(16)17)4-7(6)11/h2-4,8-9,13-14H,1H3. The number of benzene rings is 1. The second kappa shape index (κ2) is 5.76. The number of aliphatic hydroxyl groups is 2. The van der Waals surface area contributed by atoms with Crippen molar-refractivity contribution < 1.29 is 24.7 Å². The van der Waals surface area contributed by atoms with Crippen molar-refractivity contribution in [1.29, 1.82) is 0 Å². The second-order valence-electron chi connectivity index (χ2n) is 3.38. The van der Waals surface area contributed by atoms with Crippen LogP contribution < -0.4 is 0 Å². The highest BCUT2D eigenvalue weighted by molar-refractivity contribution is 6.31. The molecule has 0 saturated heterocycles. The van der Waals surface area contributed by atoms with Gasteiger partial charge in [0.1, 0.15) is 6.10 Å². The van der Waals surface area contributed by atoms with Gasteiger partial charge in [0.25, 0.3) is 5.69 Å². The number of halogens is 1. The number of carbonyl (C=O) groups is 1. The lowest BCUT2D eigenvalue weighted by Crippen LogP contribution is -2.29. The van der Waals surface area contributed by atoms with Crippen LogP contribution in [0.1, 0.15) is 11.7 Å². The van der Waals surface area contributed by atoms with Crippen LogP contribution in [-0.4, -0.2) is 34.3 Å². The smallest absolute Gasteiger partial charge is 0.337 e. The number of rotatable bonds is 4. The molecule has 0 bridgehead atoms. The molecule has 7 nitrogen and oxygen atoms in total. The van der Waals surface area contributed by atoms with Gasteiger partial charge in [0.15, 0.2) is 6.10 Å². The van der Waals surface area contributed by atoms with Gasteiger partial charge in [-0.05, 0) is 6.07 Å². The van der Waals surface area contributed by atoms with Crippen LogP contribution in [0.5, 0.6) is 0 Å². The second-order valence-corrected chi connectivity index (χ2v) is 3.78. The fourth-order valence-corrected chi connectivity index (χ4v) is 1.58. The van der Waals surface area contributed by atoms with Crippen LogP contribution >= 0.6 is 11.6 Å². The summed E-state index contributed by atoms with van der Waals surface area (Å²) in [7, 11) is 1.05. The van der Waals surface area contributed by atoms with Crippen LogP contribution in [0.3, 0.4) is 0 Å². The van der Waals surface area contributed by atoms with Gasteiger partial charge in [-0.3, -0.25) is 10.1 Å². The first-order valence-corrected chi connectivity index (χ1v) is 5.14. The molecule has 0 spiro atoms. The van der Waals surface area contributed by atoms with E-state index in [-0.39, 0.29) is 16.3 Å². The molecule has 0 amide bonds. The van der Waals surface area contributed by atoms with Crippen molar-refractivity contribution in [3.05, 3.63) is 38.9 Å². The predicted molar refractivity (Wildman–Crippen MR) is 61.1 cm³/mol. The van der Waals surface area contributed by atoms with Crippen molar-refractivity contribution in [2.75, 3.05) is 7.11 Å². The minimum Gasteiger partial charge on any atom is -0.467 e. The number of methoxy groups -OCH3 is 1. The summed E-state index contributed by atoms with van der Waals surface area (Å²) in [5.41, 5.74) is -0.260. The van der Waals surface area contributed by atoms with E-state index < -0.39 is 23.1 Å². The SMILES string of the molecule is COC(=O)C(O)C(O)c1ccc([N+](=O)[O-])cc1Cl. The predicted octanol–water partition coefficient (Wildman–Crippen LogP) is 0.815. The van der Waals surface area contributed by atoms with Crippen molar-refractivity contribution in [3.8, 4) is 0 Å². The molecular formula is C10H10ClNO6. The molecule has 0 heterocycles. The molecule has 2 unspecified atom stereocenters. The van der Waals surface area contributed by atoms with E-state index >= 15 is 0 Å². The largest absolute Gasteiger partial charge is 0.467 e. The Labute approximate surface area is 107 Å². The Kier molecular flexibility index (Phi) is 4.60. The maximum absolute atomic E-state index is 11.0. The third kappa shape index (κ3) is 2.95. The number of hydrogen-bond acceptors (Lipinski definition) is 6. The van der Waals surface area contributed by atoms with E-state index in [1.165, 1.54) is 0 Å². The minimum atomic E-state index is -1.81. The summed E-state index contributed by atoms with van der Waals surface area (Å²) in [6, 6.07) is 3.29. The first-order chi connectivity index (χ1) is 8.38. The first-order valence-electron chi connectivity index (χ1n) is 4.76. The summed E-state index contributed by atoms with van der Waals surface area (Å²) in [4.78, 5) is 20.9. The third-order valence-corrected chi connectivity index (χ3v) is 2.58. The maximum atomic E-state index is 11.0. The Morgan fingerprint density at radius 3 is 2.56 bits per heavy atom. The Hall–Kier alpha value is -1.70. The number of aliphatic hydroxyl groups excluding tert-OH is 2. The number of esters is 1. The zero-order valence-electron chi connectivity index (χ0n) is 9.24. The fraction of sp³-hybridized carbons (Fsp3) is 0.300. The van der Waals surface area contributed by atoms with Crippen molar-refractivity contribution in [3.63, 3.8) is 0 Å². The zero-order chi connectivity index (χ0) is 13.9. The number of nitrogens with zero attached hydrogens (tertiary/aromatic N) is 1. The van der Waals surface area contributed by atoms with Gasteiger partial charge >= 0.3 is 5.97 Å². The van der Waals surface area contributed by atoms with Crippen LogP contribution in [0.15, 0.2) is 18.2 Å². The monoisotopic (exact) mass is 275 g/mol. The number of nitro groups is 1. The van der Waals surface area contributed by atoms with Crippen molar-refractivity contribution >= 4 is 23.3 Å². The molecule has 2 atom stereocenters. The third-order valence-electron chi connectivity index (χ3n) is 2.26. The van der Waals surface area contributed by atoms with E-state index in [0.717, 1.165) is 25.3 Å². The topological polar surface area (TPSA) is 110 Å². The lowest BCUT2D eigenvalue weighted by Gasteiger charge is -2.16. The van der Waals surface area contributed by atoms with Crippen LogP contribution in [0.2, 0.25) is 5.02 Å². The Morgan fingerprint density at radius 1 is 1.50 bits per heavy atom. The van der Waals surface area contributed by atoms with Gasteiger partial charge in [0.2, 0.25) is 0 Å². The molecule has 0 saturated carbocycles. The number of ether oxygens (including phenoxy) is 1. The number of carbonyl (C=O) groups excluding carboxylic acids is 1. The number of hydrogen-bond donors (Lipinski definition) is 2. The molecule has 0 fully saturated rings. The van der Waals surface area contributed by atoms with Gasteiger partial charge in [-0.25, -0.2) is 4.79 Å². The lowest BCUT2D eigenvalue weighted by molar-refractivity contribution is -0.384. The Balaban J connectivity index is 3.03. The van der Waals surface area contributed by atoms with Crippen LogP contribution in [0.4, 0.5) is 5.69 Å².